The predicted molar refractivity (Wildman–Crippen MR) is 63.5 cm³/mol. The van der Waals surface area contributed by atoms with Crippen molar-refractivity contribution in [3.05, 3.63) is 20.8 Å². The summed E-state index contributed by atoms with van der Waals surface area (Å²) in [7, 11) is 5.04. The van der Waals surface area contributed by atoms with Crippen molar-refractivity contribution in [2.45, 2.75) is 6.54 Å². The van der Waals surface area contributed by atoms with Crippen molar-refractivity contribution < 1.29 is 0 Å². The summed E-state index contributed by atoms with van der Waals surface area (Å²) in [5, 5.41) is 0. The lowest BCUT2D eigenvalue weighted by atomic mass is 10.5. The molecule has 2 aromatic heterocycles. The van der Waals surface area contributed by atoms with Gasteiger partial charge in [0.05, 0.1) is 0 Å². The third kappa shape index (κ3) is 1.08. The van der Waals surface area contributed by atoms with Crippen molar-refractivity contribution in [3.63, 3.8) is 0 Å². The zero-order chi connectivity index (χ0) is 12.3. The second-order valence-electron chi connectivity index (χ2n) is 4.36. The molecule has 1 aliphatic rings. The van der Waals surface area contributed by atoms with Crippen molar-refractivity contribution in [2.24, 2.45) is 14.1 Å². The van der Waals surface area contributed by atoms with Crippen LogP contribution in [-0.2, 0) is 20.6 Å². The molecule has 0 atom stereocenters. The van der Waals surface area contributed by atoms with E-state index >= 15 is 0 Å². The number of rotatable bonds is 0. The minimum atomic E-state index is -0.345. The molecule has 7 heteroatoms. The van der Waals surface area contributed by atoms with E-state index in [0.717, 1.165) is 23.6 Å². The molecule has 3 rings (SSSR count). The standard InChI is InChI=1S/C10H13N5O2/c1-12-4-5-15-6-7(11-9(12)15)13(2)10(17)14(3)8(6)16/h4-5H2,1-3H3. The second kappa shape index (κ2) is 2.99. The molecule has 17 heavy (non-hydrogen) atoms. The maximum Gasteiger partial charge on any atom is 0.332 e. The van der Waals surface area contributed by atoms with E-state index in [2.05, 4.69) is 4.98 Å². The molecule has 2 aromatic rings. The largest absolute Gasteiger partial charge is 0.343 e. The fraction of sp³-hybridized carbons (Fsp3) is 0.500. The van der Waals surface area contributed by atoms with Gasteiger partial charge in [0.15, 0.2) is 11.2 Å². The quantitative estimate of drug-likeness (QED) is 0.580. The first-order valence-electron chi connectivity index (χ1n) is 5.39. The number of aryl methyl sites for hydroxylation is 1. The van der Waals surface area contributed by atoms with Gasteiger partial charge in [0, 0.05) is 34.2 Å². The van der Waals surface area contributed by atoms with Gasteiger partial charge >= 0.3 is 5.69 Å². The molecule has 0 aromatic carbocycles. The van der Waals surface area contributed by atoms with E-state index in [9.17, 15) is 9.59 Å². The van der Waals surface area contributed by atoms with E-state index < -0.39 is 0 Å². The molecule has 0 bridgehead atoms. The van der Waals surface area contributed by atoms with E-state index in [-0.39, 0.29) is 11.2 Å². The molecule has 1 aliphatic heterocycles. The zero-order valence-corrected chi connectivity index (χ0v) is 9.97. The Morgan fingerprint density at radius 2 is 1.76 bits per heavy atom. The summed E-state index contributed by atoms with van der Waals surface area (Å²) >= 11 is 0. The lowest BCUT2D eigenvalue weighted by Crippen LogP contribution is -2.37. The van der Waals surface area contributed by atoms with E-state index in [0.29, 0.717) is 11.2 Å². The highest BCUT2D eigenvalue weighted by Crippen LogP contribution is 2.22. The van der Waals surface area contributed by atoms with Crippen LogP contribution in [0.3, 0.4) is 0 Å². The second-order valence-corrected chi connectivity index (χ2v) is 4.36. The Bertz CT molecular complexity index is 736. The van der Waals surface area contributed by atoms with Gasteiger partial charge in [-0.05, 0) is 0 Å². The smallest absolute Gasteiger partial charge is 0.332 e. The Morgan fingerprint density at radius 3 is 2.47 bits per heavy atom. The van der Waals surface area contributed by atoms with Crippen molar-refractivity contribution in [2.75, 3.05) is 18.5 Å². The van der Waals surface area contributed by atoms with Crippen LogP contribution >= 0.6 is 0 Å². The Morgan fingerprint density at radius 1 is 1.06 bits per heavy atom. The summed E-state index contributed by atoms with van der Waals surface area (Å²) in [6.45, 7) is 1.57. The van der Waals surface area contributed by atoms with Gasteiger partial charge in [-0.25, -0.2) is 4.79 Å². The van der Waals surface area contributed by atoms with Crippen LogP contribution < -0.4 is 16.1 Å². The molecule has 0 aliphatic carbocycles. The van der Waals surface area contributed by atoms with Crippen LogP contribution in [0.25, 0.3) is 11.2 Å². The van der Waals surface area contributed by atoms with E-state index in [1.165, 1.54) is 11.6 Å². The van der Waals surface area contributed by atoms with Gasteiger partial charge in [-0.3, -0.25) is 13.9 Å². The third-order valence-corrected chi connectivity index (χ3v) is 3.33. The summed E-state index contributed by atoms with van der Waals surface area (Å²) in [5.74, 6) is 0.748. The molecule has 0 saturated heterocycles. The molecular weight excluding hydrogens is 222 g/mol. The molecular formula is C10H13N5O2. The van der Waals surface area contributed by atoms with Crippen molar-refractivity contribution in [1.82, 2.24) is 18.7 Å². The van der Waals surface area contributed by atoms with Crippen LogP contribution in [0, 0.1) is 0 Å². The minimum absolute atomic E-state index is 0.280. The van der Waals surface area contributed by atoms with Gasteiger partial charge in [-0.1, -0.05) is 0 Å². The molecule has 0 spiro atoms. The lowest BCUT2D eigenvalue weighted by Gasteiger charge is -2.05. The third-order valence-electron chi connectivity index (χ3n) is 3.33. The zero-order valence-electron chi connectivity index (χ0n) is 9.97. The molecule has 0 saturated carbocycles. The average molecular weight is 235 g/mol. The number of nitrogens with zero attached hydrogens (tertiary/aromatic N) is 5. The molecule has 0 radical (unpaired) electrons. The summed E-state index contributed by atoms with van der Waals surface area (Å²) in [6, 6.07) is 0. The molecule has 3 heterocycles. The van der Waals surface area contributed by atoms with Crippen LogP contribution in [0.15, 0.2) is 9.59 Å². The molecule has 0 amide bonds. The van der Waals surface area contributed by atoms with Crippen molar-refractivity contribution in [3.8, 4) is 0 Å². The normalized spacial score (nSPS) is 14.6. The highest BCUT2D eigenvalue weighted by atomic mass is 16.2. The molecule has 90 valence electrons. The topological polar surface area (TPSA) is 65.1 Å². The van der Waals surface area contributed by atoms with Gasteiger partial charge in [0.25, 0.3) is 5.56 Å². The monoisotopic (exact) mass is 235 g/mol. The Kier molecular flexibility index (Phi) is 1.78. The van der Waals surface area contributed by atoms with E-state index in [1.54, 1.807) is 7.05 Å². The van der Waals surface area contributed by atoms with E-state index in [4.69, 9.17) is 0 Å². The maximum absolute atomic E-state index is 12.1. The van der Waals surface area contributed by atoms with Crippen molar-refractivity contribution >= 4 is 17.1 Å². The van der Waals surface area contributed by atoms with Crippen LogP contribution in [-0.4, -0.2) is 32.3 Å². The van der Waals surface area contributed by atoms with Crippen LogP contribution in [0.2, 0.25) is 0 Å². The minimum Gasteiger partial charge on any atom is -0.343 e. The number of hydrogen-bond acceptors (Lipinski definition) is 4. The summed E-state index contributed by atoms with van der Waals surface area (Å²) in [4.78, 5) is 30.2. The summed E-state index contributed by atoms with van der Waals surface area (Å²) in [6.07, 6.45) is 0. The number of likely N-dealkylation sites (N-methyl/N-ethyl adjacent to an activating group) is 1. The fourth-order valence-corrected chi connectivity index (χ4v) is 2.29. The summed E-state index contributed by atoms with van der Waals surface area (Å²) < 4.78 is 4.41. The van der Waals surface area contributed by atoms with Crippen LogP contribution in [0.4, 0.5) is 5.95 Å². The number of fused-ring (bicyclic) bond motifs is 3. The highest BCUT2D eigenvalue weighted by molar-refractivity contribution is 5.75. The number of anilines is 1. The van der Waals surface area contributed by atoms with Gasteiger partial charge in [0.2, 0.25) is 5.95 Å². The van der Waals surface area contributed by atoms with Gasteiger partial charge < -0.3 is 9.47 Å². The Balaban J connectivity index is 2.58. The fourth-order valence-electron chi connectivity index (χ4n) is 2.29. The SMILES string of the molecule is CN1CCn2c1nc1c2c(=O)n(C)c(=O)n1C. The predicted octanol–water partition coefficient (Wildman–Crippen LogP) is -1.12. The Hall–Kier alpha value is -2.05. The molecule has 7 nitrogen and oxygen atoms in total. The highest BCUT2D eigenvalue weighted by Gasteiger charge is 2.24. The average Bonchev–Trinajstić information content (AvgIpc) is 2.84. The Labute approximate surface area is 96.5 Å². The number of aromatic nitrogens is 4. The first-order valence-corrected chi connectivity index (χ1v) is 5.39. The first-order chi connectivity index (χ1) is 8.02. The number of hydrogen-bond donors (Lipinski definition) is 0. The van der Waals surface area contributed by atoms with Gasteiger partial charge in [0.1, 0.15) is 0 Å². The maximum atomic E-state index is 12.1. The van der Waals surface area contributed by atoms with Gasteiger partial charge in [-0.2, -0.15) is 4.98 Å². The first kappa shape index (κ1) is 10.1. The van der Waals surface area contributed by atoms with Crippen LogP contribution in [0.5, 0.6) is 0 Å². The van der Waals surface area contributed by atoms with Crippen molar-refractivity contribution in [1.29, 1.82) is 0 Å². The lowest BCUT2D eigenvalue weighted by molar-refractivity contribution is 0.700. The molecule has 0 N–H and O–H groups in total. The summed E-state index contributed by atoms with van der Waals surface area (Å²) in [5.41, 5.74) is 0.340. The van der Waals surface area contributed by atoms with E-state index in [1.807, 2.05) is 16.5 Å². The number of imidazole rings is 1. The molecule has 0 unspecified atom stereocenters. The van der Waals surface area contributed by atoms with Crippen LogP contribution in [0.1, 0.15) is 0 Å². The van der Waals surface area contributed by atoms with Gasteiger partial charge in [-0.15, -0.1) is 0 Å². The molecule has 0 fully saturated rings.